The van der Waals surface area contributed by atoms with E-state index in [4.69, 9.17) is 9.47 Å². The molecule has 0 fully saturated rings. The van der Waals surface area contributed by atoms with Crippen LogP contribution in [0.1, 0.15) is 61.8 Å². The van der Waals surface area contributed by atoms with Gasteiger partial charge in [0.25, 0.3) is 0 Å². The third kappa shape index (κ3) is 8.02. The first-order valence-corrected chi connectivity index (χ1v) is 7.08. The summed E-state index contributed by atoms with van der Waals surface area (Å²) in [5.74, 6) is -0.463. The molecule has 0 bridgehead atoms. The molecule has 1 amide bonds. The fourth-order valence-corrected chi connectivity index (χ4v) is 1.47. The Morgan fingerprint density at radius 2 is 1.45 bits per heavy atom. The number of carbonyl (C=O) groups excluding carboxylic acids is 2. The van der Waals surface area contributed by atoms with Gasteiger partial charge in [-0.15, -0.1) is 0 Å². The van der Waals surface area contributed by atoms with Crippen LogP contribution in [0.3, 0.4) is 0 Å². The van der Waals surface area contributed by atoms with Crippen LogP contribution < -0.4 is 5.32 Å². The van der Waals surface area contributed by atoms with Gasteiger partial charge < -0.3 is 14.8 Å². The van der Waals surface area contributed by atoms with Crippen LogP contribution in [0.15, 0.2) is 0 Å². The van der Waals surface area contributed by atoms with Gasteiger partial charge in [0.1, 0.15) is 17.2 Å². The Morgan fingerprint density at radius 3 is 1.80 bits per heavy atom. The van der Waals surface area contributed by atoms with Crippen molar-refractivity contribution in [2.75, 3.05) is 0 Å². The summed E-state index contributed by atoms with van der Waals surface area (Å²) >= 11 is 0. The maximum absolute atomic E-state index is 12.2. The number of amides is 1. The molecule has 5 nitrogen and oxygen atoms in total. The zero-order valence-electron chi connectivity index (χ0n) is 14.0. The third-order valence-corrected chi connectivity index (χ3v) is 2.55. The van der Waals surface area contributed by atoms with Crippen molar-refractivity contribution in [3.8, 4) is 0 Å². The highest BCUT2D eigenvalue weighted by Gasteiger charge is 2.31. The van der Waals surface area contributed by atoms with Crippen LogP contribution in [-0.2, 0) is 14.3 Å². The Labute approximate surface area is 122 Å². The zero-order chi connectivity index (χ0) is 16.1. The number of hydrogen-bond donors (Lipinski definition) is 1. The average Bonchev–Trinajstić information content (AvgIpc) is 2.19. The average molecular weight is 287 g/mol. The van der Waals surface area contributed by atoms with E-state index in [1.807, 2.05) is 13.8 Å². The number of carbonyl (C=O) groups is 2. The lowest BCUT2D eigenvalue weighted by Crippen LogP contribution is -2.49. The minimum absolute atomic E-state index is 0.0302. The van der Waals surface area contributed by atoms with E-state index < -0.39 is 29.3 Å². The molecule has 0 rings (SSSR count). The van der Waals surface area contributed by atoms with Crippen molar-refractivity contribution in [3.63, 3.8) is 0 Å². The number of hydrogen-bond acceptors (Lipinski definition) is 4. The summed E-state index contributed by atoms with van der Waals surface area (Å²) in [6.07, 6.45) is 0.147. The molecule has 0 spiro atoms. The zero-order valence-corrected chi connectivity index (χ0v) is 14.0. The third-order valence-electron chi connectivity index (χ3n) is 2.55. The molecule has 0 saturated carbocycles. The Hall–Kier alpha value is -1.26. The van der Waals surface area contributed by atoms with E-state index in [1.165, 1.54) is 0 Å². The molecule has 0 aliphatic rings. The molecule has 5 heteroatoms. The van der Waals surface area contributed by atoms with Crippen molar-refractivity contribution >= 4 is 12.1 Å². The van der Waals surface area contributed by atoms with E-state index >= 15 is 0 Å². The smallest absolute Gasteiger partial charge is 0.408 e. The van der Waals surface area contributed by atoms with Gasteiger partial charge in [0.2, 0.25) is 0 Å². The van der Waals surface area contributed by atoms with Gasteiger partial charge in [-0.25, -0.2) is 9.59 Å². The highest BCUT2D eigenvalue weighted by Crippen LogP contribution is 2.16. The lowest BCUT2D eigenvalue weighted by molar-refractivity contribution is -0.158. The summed E-state index contributed by atoms with van der Waals surface area (Å²) in [7, 11) is 0. The van der Waals surface area contributed by atoms with Crippen molar-refractivity contribution in [3.05, 3.63) is 0 Å². The monoisotopic (exact) mass is 287 g/mol. The molecular weight excluding hydrogens is 258 g/mol. The lowest BCUT2D eigenvalue weighted by Gasteiger charge is -2.28. The van der Waals surface area contributed by atoms with Crippen LogP contribution in [0.25, 0.3) is 0 Å². The topological polar surface area (TPSA) is 64.6 Å². The number of nitrogens with one attached hydrogen (secondary N) is 1. The first-order valence-electron chi connectivity index (χ1n) is 7.08. The minimum atomic E-state index is -0.700. The Morgan fingerprint density at radius 1 is 1.00 bits per heavy atom. The van der Waals surface area contributed by atoms with E-state index in [0.717, 1.165) is 6.42 Å². The van der Waals surface area contributed by atoms with Gasteiger partial charge in [-0.1, -0.05) is 20.3 Å². The van der Waals surface area contributed by atoms with Gasteiger partial charge in [0.15, 0.2) is 0 Å². The SMILES string of the molecule is CC[C@H](C)[C@H](NC(=O)OC(C)(C)C)C(=O)OC(C)(C)C. The largest absolute Gasteiger partial charge is 0.458 e. The lowest BCUT2D eigenvalue weighted by atomic mass is 9.99. The molecule has 2 atom stereocenters. The minimum Gasteiger partial charge on any atom is -0.458 e. The molecule has 0 heterocycles. The standard InChI is InChI=1S/C15H29NO4/c1-9-10(2)11(12(17)19-14(3,4)5)16-13(18)20-15(6,7)8/h10-11H,9H2,1-8H3,(H,16,18)/t10-,11-/m0/s1. The fourth-order valence-electron chi connectivity index (χ4n) is 1.47. The van der Waals surface area contributed by atoms with Crippen LogP contribution in [0, 0.1) is 5.92 Å². The molecule has 0 radical (unpaired) electrons. The van der Waals surface area contributed by atoms with E-state index in [2.05, 4.69) is 5.32 Å². The second-order valence-electron chi connectivity index (χ2n) is 7.04. The van der Waals surface area contributed by atoms with Crippen molar-refractivity contribution in [1.82, 2.24) is 5.32 Å². The molecule has 0 aromatic rings. The number of ether oxygens (including phenoxy) is 2. The Bertz CT molecular complexity index is 339. The Kier molecular flexibility index (Phi) is 6.51. The summed E-state index contributed by atoms with van der Waals surface area (Å²) in [5.41, 5.74) is -1.18. The highest BCUT2D eigenvalue weighted by atomic mass is 16.6. The van der Waals surface area contributed by atoms with Gasteiger partial charge in [-0.3, -0.25) is 0 Å². The quantitative estimate of drug-likeness (QED) is 0.806. The molecular formula is C15H29NO4. The van der Waals surface area contributed by atoms with Gasteiger partial charge in [-0.2, -0.15) is 0 Å². The van der Waals surface area contributed by atoms with Gasteiger partial charge in [0.05, 0.1) is 0 Å². The second-order valence-corrected chi connectivity index (χ2v) is 7.04. The first-order chi connectivity index (χ1) is 8.85. The van der Waals surface area contributed by atoms with Gasteiger partial charge in [-0.05, 0) is 47.5 Å². The fraction of sp³-hybridized carbons (Fsp3) is 0.867. The van der Waals surface area contributed by atoms with Gasteiger partial charge in [0, 0.05) is 0 Å². The van der Waals surface area contributed by atoms with Crippen molar-refractivity contribution in [1.29, 1.82) is 0 Å². The van der Waals surface area contributed by atoms with Crippen LogP contribution in [0.5, 0.6) is 0 Å². The van der Waals surface area contributed by atoms with Crippen LogP contribution >= 0.6 is 0 Å². The van der Waals surface area contributed by atoms with Crippen LogP contribution in [-0.4, -0.2) is 29.3 Å². The van der Waals surface area contributed by atoms with Crippen molar-refractivity contribution in [2.45, 2.75) is 79.1 Å². The van der Waals surface area contributed by atoms with E-state index in [-0.39, 0.29) is 5.92 Å². The van der Waals surface area contributed by atoms with Crippen molar-refractivity contribution in [2.24, 2.45) is 5.92 Å². The van der Waals surface area contributed by atoms with Crippen LogP contribution in [0.4, 0.5) is 4.79 Å². The van der Waals surface area contributed by atoms with E-state index in [0.29, 0.717) is 0 Å². The van der Waals surface area contributed by atoms with E-state index in [1.54, 1.807) is 41.5 Å². The molecule has 0 aromatic carbocycles. The molecule has 0 aromatic heterocycles. The molecule has 0 saturated heterocycles. The summed E-state index contributed by atoms with van der Waals surface area (Å²) in [6.45, 7) is 14.6. The first kappa shape index (κ1) is 18.7. The number of esters is 1. The molecule has 0 aliphatic carbocycles. The Balaban J connectivity index is 4.82. The predicted molar refractivity (Wildman–Crippen MR) is 78.5 cm³/mol. The predicted octanol–water partition coefficient (Wildman–Crippen LogP) is 3.27. The molecule has 1 N–H and O–H groups in total. The molecule has 20 heavy (non-hydrogen) atoms. The summed E-state index contributed by atoms with van der Waals surface area (Å²) < 4.78 is 10.5. The van der Waals surface area contributed by atoms with Crippen LogP contribution in [0.2, 0.25) is 0 Å². The highest BCUT2D eigenvalue weighted by molar-refractivity contribution is 5.82. The summed E-state index contributed by atoms with van der Waals surface area (Å²) in [6, 6.07) is -0.700. The summed E-state index contributed by atoms with van der Waals surface area (Å²) in [4.78, 5) is 24.0. The van der Waals surface area contributed by atoms with Gasteiger partial charge >= 0.3 is 12.1 Å². The maximum atomic E-state index is 12.2. The number of rotatable bonds is 4. The molecule has 118 valence electrons. The molecule has 0 aliphatic heterocycles. The summed E-state index contributed by atoms with van der Waals surface area (Å²) in [5, 5.41) is 2.61. The second kappa shape index (κ2) is 6.95. The van der Waals surface area contributed by atoms with Crippen molar-refractivity contribution < 1.29 is 19.1 Å². The maximum Gasteiger partial charge on any atom is 0.408 e. The van der Waals surface area contributed by atoms with E-state index in [9.17, 15) is 9.59 Å². The normalized spacial score (nSPS) is 15.2. The number of alkyl carbamates (subject to hydrolysis) is 1. The molecule has 0 unspecified atom stereocenters.